The van der Waals surface area contributed by atoms with Gasteiger partial charge in [-0.2, -0.15) is 17.9 Å². The Hall–Kier alpha value is -2.32. The van der Waals surface area contributed by atoms with Crippen molar-refractivity contribution in [1.82, 2.24) is 4.98 Å². The van der Waals surface area contributed by atoms with Crippen molar-refractivity contribution in [3.8, 4) is 11.9 Å². The summed E-state index contributed by atoms with van der Waals surface area (Å²) in [5, 5.41) is 17.1. The minimum Gasteiger partial charge on any atom is -0.481 e. The summed E-state index contributed by atoms with van der Waals surface area (Å²) in [7, 11) is 1.61. The lowest BCUT2D eigenvalue weighted by Crippen LogP contribution is -2.16. The van der Waals surface area contributed by atoms with Gasteiger partial charge in [0, 0.05) is 35.4 Å². The summed E-state index contributed by atoms with van der Waals surface area (Å²) in [4.78, 5) is 4.64. The first kappa shape index (κ1) is 19.4. The van der Waals surface area contributed by atoms with Gasteiger partial charge in [-0.05, 0) is 30.4 Å². The first-order valence-corrected chi connectivity index (χ1v) is 9.85. The smallest absolute Gasteiger partial charge is 0.213 e. The van der Waals surface area contributed by atoms with Crippen LogP contribution in [0.1, 0.15) is 37.4 Å². The highest BCUT2D eigenvalue weighted by atomic mass is 32.1. The molecular weight excluding hydrogens is 354 g/mol. The lowest BCUT2D eigenvalue weighted by atomic mass is 9.77. The average Bonchev–Trinajstić information content (AvgIpc) is 2.80. The number of aromatic nitrogens is 1. The van der Waals surface area contributed by atoms with Gasteiger partial charge in [-0.15, -0.1) is 0 Å². The van der Waals surface area contributed by atoms with Gasteiger partial charge in [-0.25, -0.2) is 4.98 Å². The van der Waals surface area contributed by atoms with Crippen LogP contribution in [0.15, 0.2) is 41.5 Å². The largest absolute Gasteiger partial charge is 0.481 e. The molecule has 0 aliphatic heterocycles. The molecule has 0 radical (unpaired) electrons. The van der Waals surface area contributed by atoms with Crippen LogP contribution < -0.4 is 4.74 Å². The molecule has 140 valence electrons. The van der Waals surface area contributed by atoms with Crippen molar-refractivity contribution in [3.05, 3.63) is 52.8 Å². The summed E-state index contributed by atoms with van der Waals surface area (Å²) in [6.45, 7) is 1.96. The Kier molecular flexibility index (Phi) is 6.18. The lowest BCUT2D eigenvalue weighted by molar-refractivity contribution is 0.361. The number of ether oxygens (including phenoxy) is 1. The van der Waals surface area contributed by atoms with E-state index >= 15 is 0 Å². The maximum absolute atomic E-state index is 9.94. The fraction of sp³-hybridized carbons (Fsp3) is 0.409. The summed E-state index contributed by atoms with van der Waals surface area (Å²) in [5.41, 5.74) is 4.64. The SMILES string of the molecule is COc1ccc2c(n1)CC(C1CCC1)=CC(C(S)C=CC(C)C=N)=C2C#N. The molecule has 1 aromatic rings. The van der Waals surface area contributed by atoms with Crippen molar-refractivity contribution >= 4 is 24.4 Å². The van der Waals surface area contributed by atoms with Gasteiger partial charge in [0.2, 0.25) is 5.88 Å². The summed E-state index contributed by atoms with van der Waals surface area (Å²) in [6.07, 6.45) is 11.9. The number of hydrogen-bond acceptors (Lipinski definition) is 5. The zero-order chi connectivity index (χ0) is 19.4. The molecule has 1 N–H and O–H groups in total. The molecule has 2 aliphatic rings. The number of pyridine rings is 1. The molecule has 0 spiro atoms. The molecule has 3 rings (SSSR count). The summed E-state index contributed by atoms with van der Waals surface area (Å²) >= 11 is 4.77. The molecule has 2 atom stereocenters. The first-order valence-electron chi connectivity index (χ1n) is 9.33. The monoisotopic (exact) mass is 379 g/mol. The molecule has 27 heavy (non-hydrogen) atoms. The van der Waals surface area contributed by atoms with Crippen molar-refractivity contribution < 1.29 is 4.74 Å². The number of thiol groups is 1. The van der Waals surface area contributed by atoms with E-state index in [9.17, 15) is 5.26 Å². The zero-order valence-electron chi connectivity index (χ0n) is 15.8. The Bertz CT molecular complexity index is 859. The van der Waals surface area contributed by atoms with E-state index in [1.165, 1.54) is 31.1 Å². The van der Waals surface area contributed by atoms with Crippen LogP contribution in [0.3, 0.4) is 0 Å². The van der Waals surface area contributed by atoms with Gasteiger partial charge < -0.3 is 10.1 Å². The van der Waals surface area contributed by atoms with Gasteiger partial charge in [0.25, 0.3) is 0 Å². The highest BCUT2D eigenvalue weighted by molar-refractivity contribution is 7.81. The zero-order valence-corrected chi connectivity index (χ0v) is 16.7. The molecule has 1 saturated carbocycles. The predicted octanol–water partition coefficient (Wildman–Crippen LogP) is 4.79. The number of hydrogen-bond donors (Lipinski definition) is 2. The number of nitrogens with one attached hydrogen (secondary N) is 1. The van der Waals surface area contributed by atoms with Gasteiger partial charge in [-0.3, -0.25) is 0 Å². The maximum atomic E-state index is 9.94. The third-order valence-electron chi connectivity index (χ3n) is 5.35. The molecule has 0 amide bonds. The van der Waals surface area contributed by atoms with E-state index in [-0.39, 0.29) is 11.2 Å². The van der Waals surface area contributed by atoms with Gasteiger partial charge >= 0.3 is 0 Å². The topological polar surface area (TPSA) is 69.8 Å². The standard InChI is InChI=1S/C22H25N3OS/c1-14(12-23)6-8-21(27)18-10-16(15-4-3-5-15)11-20-17(19(18)13-24)7-9-22(25-20)26-2/h6-10,12,14-15,21,23,27H,3-5,11H2,1-2H3. The van der Waals surface area contributed by atoms with E-state index in [4.69, 9.17) is 22.8 Å². The molecular formula is C22H25N3OS. The number of nitrogens with zero attached hydrogens (tertiary/aromatic N) is 2. The Balaban J connectivity index is 2.11. The van der Waals surface area contributed by atoms with Crippen LogP contribution in [-0.4, -0.2) is 23.6 Å². The summed E-state index contributed by atoms with van der Waals surface area (Å²) < 4.78 is 5.30. The van der Waals surface area contributed by atoms with Crippen LogP contribution in [0, 0.1) is 28.6 Å². The predicted molar refractivity (Wildman–Crippen MR) is 112 cm³/mol. The van der Waals surface area contributed by atoms with Crippen molar-refractivity contribution in [2.24, 2.45) is 11.8 Å². The molecule has 2 unspecified atom stereocenters. The van der Waals surface area contributed by atoms with Crippen LogP contribution in [0.25, 0.3) is 5.57 Å². The first-order chi connectivity index (χ1) is 13.1. The molecule has 0 saturated heterocycles. The number of fused-ring (bicyclic) bond motifs is 1. The number of methoxy groups -OCH3 is 1. The van der Waals surface area contributed by atoms with Crippen molar-refractivity contribution in [2.45, 2.75) is 37.9 Å². The highest BCUT2D eigenvalue weighted by Crippen LogP contribution is 2.40. The van der Waals surface area contributed by atoms with Crippen molar-refractivity contribution in [2.75, 3.05) is 7.11 Å². The Morgan fingerprint density at radius 3 is 2.74 bits per heavy atom. The van der Waals surface area contributed by atoms with Gasteiger partial charge in [0.15, 0.2) is 0 Å². The van der Waals surface area contributed by atoms with Crippen LogP contribution in [0.4, 0.5) is 0 Å². The molecule has 1 aromatic heterocycles. The second-order valence-corrected chi connectivity index (χ2v) is 7.73. The van der Waals surface area contributed by atoms with Gasteiger partial charge in [0.05, 0.1) is 18.4 Å². The van der Waals surface area contributed by atoms with E-state index < -0.39 is 0 Å². The fourth-order valence-corrected chi connectivity index (χ4v) is 3.77. The van der Waals surface area contributed by atoms with E-state index in [0.29, 0.717) is 17.4 Å². The number of allylic oxidation sites excluding steroid dienone is 4. The van der Waals surface area contributed by atoms with Crippen LogP contribution in [-0.2, 0) is 6.42 Å². The average molecular weight is 380 g/mol. The number of rotatable bonds is 6. The molecule has 1 fully saturated rings. The second kappa shape index (κ2) is 8.58. The Labute approximate surface area is 166 Å². The minimum atomic E-state index is -0.204. The van der Waals surface area contributed by atoms with Crippen molar-refractivity contribution in [1.29, 1.82) is 10.7 Å². The van der Waals surface area contributed by atoms with E-state index in [1.54, 1.807) is 7.11 Å². The molecule has 0 aromatic carbocycles. The van der Waals surface area contributed by atoms with E-state index in [2.05, 4.69) is 17.1 Å². The van der Waals surface area contributed by atoms with Gasteiger partial charge in [-0.1, -0.05) is 37.1 Å². The highest BCUT2D eigenvalue weighted by Gasteiger charge is 2.28. The molecule has 2 aliphatic carbocycles. The third-order valence-corrected chi connectivity index (χ3v) is 5.80. The minimum absolute atomic E-state index is 0.0462. The fourth-order valence-electron chi connectivity index (χ4n) is 3.47. The normalized spacial score (nSPS) is 19.4. The van der Waals surface area contributed by atoms with E-state index in [1.807, 2.05) is 31.2 Å². The van der Waals surface area contributed by atoms with Crippen LogP contribution in [0.2, 0.25) is 0 Å². The van der Waals surface area contributed by atoms with Crippen LogP contribution in [0.5, 0.6) is 5.88 Å². The molecule has 0 bridgehead atoms. The third kappa shape index (κ3) is 4.17. The van der Waals surface area contributed by atoms with E-state index in [0.717, 1.165) is 23.3 Å². The Morgan fingerprint density at radius 2 is 2.15 bits per heavy atom. The lowest BCUT2D eigenvalue weighted by Gasteiger charge is -2.28. The van der Waals surface area contributed by atoms with Crippen LogP contribution >= 0.6 is 12.6 Å². The van der Waals surface area contributed by atoms with Crippen molar-refractivity contribution in [3.63, 3.8) is 0 Å². The van der Waals surface area contributed by atoms with Gasteiger partial charge in [0.1, 0.15) is 6.07 Å². The Morgan fingerprint density at radius 1 is 1.37 bits per heavy atom. The maximum Gasteiger partial charge on any atom is 0.213 e. The second-order valence-electron chi connectivity index (χ2n) is 7.17. The quantitative estimate of drug-likeness (QED) is 0.424. The summed E-state index contributed by atoms with van der Waals surface area (Å²) in [5.74, 6) is 1.18. The number of nitriles is 1. The molecule has 5 heteroatoms. The molecule has 4 nitrogen and oxygen atoms in total. The summed E-state index contributed by atoms with van der Waals surface area (Å²) in [6, 6.07) is 6.13. The molecule has 1 heterocycles.